The summed E-state index contributed by atoms with van der Waals surface area (Å²) >= 11 is 0. The predicted octanol–water partition coefficient (Wildman–Crippen LogP) is 3.07. The molecule has 37 heteroatoms. The lowest BCUT2D eigenvalue weighted by molar-refractivity contribution is -0.293. The molecule has 0 bridgehead atoms. The molecule has 23 N–H and O–H groups in total. The third kappa shape index (κ3) is 43.7. The Morgan fingerprint density at radius 3 is 1.77 bits per heavy atom. The summed E-state index contributed by atoms with van der Waals surface area (Å²) in [6.45, 7) is 14.2. The predicted molar refractivity (Wildman–Crippen MR) is 507 cm³/mol. The fraction of sp³-hybridized carbons (Fsp3) is 0.663. The lowest BCUT2D eigenvalue weighted by Crippen LogP contribution is -2.57. The number of hydrogen-bond acceptors (Lipinski definition) is 29. The van der Waals surface area contributed by atoms with E-state index in [-0.39, 0.29) is 159 Å². The van der Waals surface area contributed by atoms with Crippen molar-refractivity contribution in [1.82, 2.24) is 42.5 Å². The molecule has 0 aliphatic carbocycles. The molecule has 0 radical (unpaired) electrons. The fourth-order valence-corrected chi connectivity index (χ4v) is 15.8. The fourth-order valence-electron chi connectivity index (χ4n) is 15.8. The van der Waals surface area contributed by atoms with Crippen molar-refractivity contribution in [3.05, 3.63) is 90.0 Å². The highest BCUT2D eigenvalue weighted by Crippen LogP contribution is 2.28. The average Bonchev–Trinajstić information content (AvgIpc) is 0.938. The second-order valence-corrected chi connectivity index (χ2v) is 35.5. The number of Topliss-reactive ketones (excluding diaryl/α,β-unsaturated/α-hetero) is 7. The molecule has 2 aliphatic heterocycles. The minimum Gasteiger partial charge on any atom is -0.486 e. The van der Waals surface area contributed by atoms with E-state index in [0.717, 1.165) is 43.2 Å². The first-order chi connectivity index (χ1) is 64.5. The molecule has 0 saturated carbocycles. The number of aliphatic hydroxyl groups excluding tert-OH is 5. The Morgan fingerprint density at radius 2 is 1.15 bits per heavy atom. The van der Waals surface area contributed by atoms with Crippen molar-refractivity contribution in [2.24, 2.45) is 64.2 Å². The zero-order chi connectivity index (χ0) is 100. The van der Waals surface area contributed by atoms with Crippen molar-refractivity contribution in [3.63, 3.8) is 0 Å². The summed E-state index contributed by atoms with van der Waals surface area (Å²) in [6.07, 6.45) is -2.93. The number of amides is 8. The molecule has 0 aromatic heterocycles. The molecular weight excluding hydrogens is 1740 g/mol. The van der Waals surface area contributed by atoms with Crippen LogP contribution in [-0.2, 0) is 87.8 Å². The topological polar surface area (TPSA) is 620 Å². The Bertz CT molecular complexity index is 4160. The third-order valence-corrected chi connectivity index (χ3v) is 23.9. The molecule has 18 atom stereocenters. The van der Waals surface area contributed by atoms with Gasteiger partial charge in [-0.05, 0) is 178 Å². The first kappa shape index (κ1) is 118. The SMILES string of the molecule is CCCCCCCC[C@H](CC(=O)CC)C(=O)N[C@@H](CCN)C(=O)C[C@H](C(=O)N[C@@H](CCN)C(=O)C[C@H]1CCNC(=O)[C@H]([C@@H](C)O)CC(=O)[C@H](CCN)NC(=O)[C@H](CCN)NC(=O)[C@H](CC(C)C)NC(=O)[C@@H](Cc2ccccc2)CC(=O)[C@H](CCN)NC1=O)[C@@H](C)O.CCOCCCC(=O)c1cccc(-c2ccc(OCC(=O)CCCNC(=O)CCCOC3O[C@@H](C)[C@H](O)C(O)[C@@H]3O)cc2)c1. The highest BCUT2D eigenvalue weighted by atomic mass is 16.7. The van der Waals surface area contributed by atoms with Gasteiger partial charge in [0.2, 0.25) is 47.3 Å². The maximum absolute atomic E-state index is 14.7. The summed E-state index contributed by atoms with van der Waals surface area (Å²) in [7, 11) is 0. The van der Waals surface area contributed by atoms with Crippen LogP contribution in [0, 0.1) is 35.5 Å². The normalized spacial score (nSPS) is 22.1. The van der Waals surface area contributed by atoms with Gasteiger partial charge in [0.15, 0.2) is 41.0 Å². The van der Waals surface area contributed by atoms with Crippen molar-refractivity contribution in [2.45, 2.75) is 308 Å². The molecule has 756 valence electrons. The Kier molecular flexibility index (Phi) is 56.9. The van der Waals surface area contributed by atoms with Crippen molar-refractivity contribution in [1.29, 1.82) is 0 Å². The molecular formula is C98H155N13O24. The number of carbonyl (C=O) groups is 15. The first-order valence-corrected chi connectivity index (χ1v) is 48.1. The maximum atomic E-state index is 14.7. The summed E-state index contributed by atoms with van der Waals surface area (Å²) in [6, 6.07) is 15.8. The quantitative estimate of drug-likeness (QED) is 0.0285. The van der Waals surface area contributed by atoms with E-state index in [1.54, 1.807) is 56.3 Å². The number of hydrogen-bond donors (Lipinski definition) is 18. The zero-order valence-electron chi connectivity index (χ0n) is 80.2. The molecule has 2 aliphatic rings. The van der Waals surface area contributed by atoms with Crippen LogP contribution in [0.3, 0.4) is 0 Å². The van der Waals surface area contributed by atoms with Gasteiger partial charge >= 0.3 is 0 Å². The maximum Gasteiger partial charge on any atom is 0.243 e. The van der Waals surface area contributed by atoms with E-state index in [0.29, 0.717) is 75.2 Å². The van der Waals surface area contributed by atoms with Gasteiger partial charge in [0.05, 0.1) is 60.9 Å². The summed E-state index contributed by atoms with van der Waals surface area (Å²) in [5, 5.41) is 73.0. The van der Waals surface area contributed by atoms with Gasteiger partial charge in [0.25, 0.3) is 0 Å². The number of unbranched alkanes of at least 4 members (excludes halogenated alkanes) is 5. The molecule has 0 spiro atoms. The van der Waals surface area contributed by atoms with Gasteiger partial charge in [-0.2, -0.15) is 0 Å². The second-order valence-electron chi connectivity index (χ2n) is 35.5. The van der Waals surface area contributed by atoms with E-state index in [1.165, 1.54) is 13.8 Å². The van der Waals surface area contributed by atoms with Crippen LogP contribution < -0.4 is 75.9 Å². The molecule has 37 nitrogen and oxygen atoms in total. The molecule has 2 unspecified atom stereocenters. The Balaban J connectivity index is 0.000000717. The van der Waals surface area contributed by atoms with Crippen LogP contribution in [0.25, 0.3) is 11.1 Å². The van der Waals surface area contributed by atoms with Crippen LogP contribution in [0.2, 0.25) is 0 Å². The largest absolute Gasteiger partial charge is 0.486 e. The van der Waals surface area contributed by atoms with E-state index >= 15 is 0 Å². The number of nitrogens with two attached hydrogens (primary N) is 5. The standard InChI is InChI=1S/C65H110N12O14.C33H45NO10/c1-7-9-10-11-12-16-19-43(34-46(80)8-2)59(85)73-51(22-28-68)58(84)38-48(41(6)79)63(89)74-50(21-27-67)55(81)35-44-25-31-71-62(88)47(40(5)78)37-57(83)52(23-29-69)75-64(90)53(24-30-70)76-65(91)54(32-39(3)4)77-61(87)45(33-42-17-14-13-15-18-42)36-56(82)49(20-26-66)72-60(44)86;1-3-41-18-6-11-28(36)25-9-4-8-24(20-25)23-13-15-27(16-14-23)43-21-26(35)10-5-17-34-29(37)12-7-19-42-33-32(40)31(39)30(38)22(2)44-33/h13-15,17-18,39-41,43-45,47-54,78-79H,7-12,16,19-38,66-70H2,1-6H3,(H,71,88)(H,72,86)(H,73,85)(H,74,89)(H,75,90)(H,76,91)(H,77,87);4,8-9,13-16,20,22,30-33,38-40H,3,5-7,10-12,17-19,21H2,1-2H3,(H,34,37)/t40-,41-,43-,44-,45+,47+,48+,49+,50+,51+,52+,53+,54+;22-,30-,31?,32-,33?/m10/s1. The smallest absolute Gasteiger partial charge is 0.243 e. The number of ketones is 7. The van der Waals surface area contributed by atoms with Gasteiger partial charge in [0, 0.05) is 107 Å². The van der Waals surface area contributed by atoms with Gasteiger partial charge in [-0.15, -0.1) is 0 Å². The lowest BCUT2D eigenvalue weighted by Gasteiger charge is -2.38. The van der Waals surface area contributed by atoms with E-state index < -0.39 is 199 Å². The minimum atomic E-state index is -1.48. The number of ether oxygens (including phenoxy) is 4. The van der Waals surface area contributed by atoms with E-state index in [4.69, 9.17) is 47.6 Å². The number of rotatable bonds is 55. The Labute approximate surface area is 794 Å². The van der Waals surface area contributed by atoms with Gasteiger partial charge in [-0.1, -0.05) is 127 Å². The van der Waals surface area contributed by atoms with Gasteiger partial charge < -0.3 is 116 Å². The van der Waals surface area contributed by atoms with Crippen molar-refractivity contribution >= 4 is 87.7 Å². The average molecular weight is 1900 g/mol. The van der Waals surface area contributed by atoms with E-state index in [1.807, 2.05) is 57.2 Å². The lowest BCUT2D eigenvalue weighted by atomic mass is 9.88. The van der Waals surface area contributed by atoms with Crippen LogP contribution in [0.4, 0.5) is 0 Å². The van der Waals surface area contributed by atoms with E-state index in [2.05, 4.69) is 49.5 Å². The van der Waals surface area contributed by atoms with Gasteiger partial charge in [-0.25, -0.2) is 0 Å². The molecule has 135 heavy (non-hydrogen) atoms. The molecule has 8 amide bonds. The monoisotopic (exact) mass is 1900 g/mol. The molecule has 5 rings (SSSR count). The number of carbonyl (C=O) groups excluding carboxylic acids is 15. The zero-order valence-corrected chi connectivity index (χ0v) is 80.2. The molecule has 2 fully saturated rings. The summed E-state index contributed by atoms with van der Waals surface area (Å²) in [5.74, 6) is -14.2. The number of benzene rings is 3. The summed E-state index contributed by atoms with van der Waals surface area (Å²) in [5.41, 5.74) is 32.9. The molecule has 3 aromatic rings. The summed E-state index contributed by atoms with van der Waals surface area (Å²) < 4.78 is 21.7. The van der Waals surface area contributed by atoms with Gasteiger partial charge in [-0.3, -0.25) is 71.9 Å². The highest BCUT2D eigenvalue weighted by molar-refractivity contribution is 6.00. The van der Waals surface area contributed by atoms with Crippen molar-refractivity contribution in [3.8, 4) is 16.9 Å². The van der Waals surface area contributed by atoms with Crippen LogP contribution in [-0.4, -0.2) is 265 Å². The highest BCUT2D eigenvalue weighted by Gasteiger charge is 2.44. The number of aliphatic hydroxyl groups is 5. The number of nitrogens with one attached hydrogen (secondary N) is 8. The van der Waals surface area contributed by atoms with Crippen LogP contribution in [0.1, 0.15) is 238 Å². The second kappa shape index (κ2) is 65.2. The Hall–Kier alpha value is -9.61. The van der Waals surface area contributed by atoms with Crippen molar-refractivity contribution < 1.29 is 116 Å². The third-order valence-electron chi connectivity index (χ3n) is 23.9. The van der Waals surface area contributed by atoms with Gasteiger partial charge in [0.1, 0.15) is 48.5 Å². The molecule has 2 heterocycles. The van der Waals surface area contributed by atoms with Crippen molar-refractivity contribution in [2.75, 3.05) is 72.2 Å². The summed E-state index contributed by atoms with van der Waals surface area (Å²) in [4.78, 5) is 206. The molecule has 2 saturated heterocycles. The Morgan fingerprint density at radius 1 is 0.556 bits per heavy atom. The minimum absolute atomic E-state index is 0.00199. The molecule has 3 aromatic carbocycles. The van der Waals surface area contributed by atoms with Crippen LogP contribution in [0.15, 0.2) is 78.9 Å². The first-order valence-electron chi connectivity index (χ1n) is 48.1. The van der Waals surface area contributed by atoms with Crippen LogP contribution in [0.5, 0.6) is 5.75 Å². The van der Waals surface area contributed by atoms with E-state index in [9.17, 15) is 97.5 Å². The van der Waals surface area contributed by atoms with Crippen LogP contribution >= 0.6 is 0 Å².